The number of para-hydroxylation sites is 1. The van der Waals surface area contributed by atoms with Gasteiger partial charge in [0.05, 0.1) is 12.8 Å². The van der Waals surface area contributed by atoms with Gasteiger partial charge < -0.3 is 10.5 Å². The van der Waals surface area contributed by atoms with Gasteiger partial charge in [-0.05, 0) is 29.8 Å². The van der Waals surface area contributed by atoms with E-state index in [-0.39, 0.29) is 17.2 Å². The van der Waals surface area contributed by atoms with Gasteiger partial charge in [-0.1, -0.05) is 34.1 Å². The molecule has 0 aliphatic carbocycles. The summed E-state index contributed by atoms with van der Waals surface area (Å²) in [6.45, 7) is 0.244. The summed E-state index contributed by atoms with van der Waals surface area (Å²) < 4.78 is 33.4. The van der Waals surface area contributed by atoms with Crippen molar-refractivity contribution in [1.82, 2.24) is 0 Å². The van der Waals surface area contributed by atoms with E-state index in [0.29, 0.717) is 10.2 Å². The summed E-state index contributed by atoms with van der Waals surface area (Å²) in [5.41, 5.74) is 6.80. The first-order valence-corrected chi connectivity index (χ1v) is 8.40. The Morgan fingerprint density at radius 3 is 2.62 bits per heavy atom. The second-order valence-electron chi connectivity index (χ2n) is 4.26. The summed E-state index contributed by atoms with van der Waals surface area (Å²) in [7, 11) is -2.35. The first-order valence-electron chi connectivity index (χ1n) is 6.12. The van der Waals surface area contributed by atoms with Crippen molar-refractivity contribution in [2.75, 3.05) is 11.8 Å². The number of hydrogen-bond acceptors (Lipinski definition) is 4. The second kappa shape index (κ2) is 6.46. The third-order valence-corrected chi connectivity index (χ3v) is 4.78. The summed E-state index contributed by atoms with van der Waals surface area (Å²) >= 11 is 3.26. The van der Waals surface area contributed by atoms with Gasteiger partial charge in [-0.2, -0.15) is 0 Å². The van der Waals surface area contributed by atoms with E-state index < -0.39 is 10.0 Å². The molecule has 0 aliphatic rings. The molecular weight excluding hydrogens is 356 g/mol. The number of halogens is 1. The van der Waals surface area contributed by atoms with E-state index in [9.17, 15) is 8.42 Å². The topological polar surface area (TPSA) is 81.4 Å². The molecule has 21 heavy (non-hydrogen) atoms. The second-order valence-corrected chi connectivity index (χ2v) is 6.83. The van der Waals surface area contributed by atoms with Crippen LogP contribution in [0.1, 0.15) is 5.56 Å². The van der Waals surface area contributed by atoms with Crippen molar-refractivity contribution in [2.24, 2.45) is 5.73 Å². The number of sulfonamides is 1. The van der Waals surface area contributed by atoms with E-state index in [2.05, 4.69) is 20.7 Å². The fourth-order valence-electron chi connectivity index (χ4n) is 1.86. The van der Waals surface area contributed by atoms with E-state index in [1.807, 2.05) is 0 Å². The van der Waals surface area contributed by atoms with Crippen LogP contribution in [0.4, 0.5) is 5.69 Å². The number of anilines is 1. The zero-order valence-electron chi connectivity index (χ0n) is 11.3. The third-order valence-electron chi connectivity index (χ3n) is 2.90. The van der Waals surface area contributed by atoms with Gasteiger partial charge >= 0.3 is 0 Å². The number of methoxy groups -OCH3 is 1. The normalized spacial score (nSPS) is 11.2. The highest BCUT2D eigenvalue weighted by molar-refractivity contribution is 9.10. The standard InChI is InChI=1S/C14H15BrN2O3S/c1-20-13-7-6-11(15)8-14(13)21(18,19)17-12-5-3-2-4-10(12)9-16/h2-8,17H,9,16H2,1H3. The number of nitrogens with two attached hydrogens (primary N) is 1. The van der Waals surface area contributed by atoms with Crippen LogP contribution >= 0.6 is 15.9 Å². The molecule has 0 saturated heterocycles. The Balaban J connectivity index is 2.46. The van der Waals surface area contributed by atoms with Crippen molar-refractivity contribution >= 4 is 31.6 Å². The van der Waals surface area contributed by atoms with Gasteiger partial charge in [0, 0.05) is 11.0 Å². The summed E-state index contributed by atoms with van der Waals surface area (Å²) in [6.07, 6.45) is 0. The molecule has 0 amide bonds. The molecule has 7 heteroatoms. The summed E-state index contributed by atoms with van der Waals surface area (Å²) in [6, 6.07) is 11.8. The minimum atomic E-state index is -3.77. The SMILES string of the molecule is COc1ccc(Br)cc1S(=O)(=O)Nc1ccccc1CN. The fraction of sp³-hybridized carbons (Fsp3) is 0.143. The molecule has 0 bridgehead atoms. The van der Waals surface area contributed by atoms with Crippen LogP contribution in [-0.2, 0) is 16.6 Å². The van der Waals surface area contributed by atoms with Crippen LogP contribution in [-0.4, -0.2) is 15.5 Å². The smallest absolute Gasteiger partial charge is 0.265 e. The Bertz CT molecular complexity index is 748. The molecule has 112 valence electrons. The lowest BCUT2D eigenvalue weighted by Gasteiger charge is -2.14. The van der Waals surface area contributed by atoms with Crippen LogP contribution in [0.5, 0.6) is 5.75 Å². The van der Waals surface area contributed by atoms with Crippen LogP contribution in [0.2, 0.25) is 0 Å². The van der Waals surface area contributed by atoms with Gasteiger partial charge in [0.25, 0.3) is 10.0 Å². The van der Waals surface area contributed by atoms with Crippen molar-refractivity contribution in [3.05, 3.63) is 52.5 Å². The Labute approximate surface area is 132 Å². The lowest BCUT2D eigenvalue weighted by Crippen LogP contribution is -2.16. The van der Waals surface area contributed by atoms with Crippen LogP contribution < -0.4 is 15.2 Å². The zero-order chi connectivity index (χ0) is 15.5. The van der Waals surface area contributed by atoms with Crippen molar-refractivity contribution in [3.8, 4) is 5.75 Å². The third kappa shape index (κ3) is 3.55. The number of hydrogen-bond donors (Lipinski definition) is 2. The maximum atomic E-state index is 12.5. The molecule has 0 aromatic heterocycles. The Morgan fingerprint density at radius 1 is 1.24 bits per heavy atom. The molecule has 3 N–H and O–H groups in total. The first kappa shape index (κ1) is 15.8. The molecule has 2 rings (SSSR count). The van der Waals surface area contributed by atoms with E-state index in [1.165, 1.54) is 13.2 Å². The number of rotatable bonds is 5. The molecule has 5 nitrogen and oxygen atoms in total. The quantitative estimate of drug-likeness (QED) is 0.847. The molecule has 0 aliphatic heterocycles. The van der Waals surface area contributed by atoms with Crippen molar-refractivity contribution < 1.29 is 13.2 Å². The van der Waals surface area contributed by atoms with Gasteiger partial charge in [-0.25, -0.2) is 8.42 Å². The summed E-state index contributed by atoms with van der Waals surface area (Å²) in [4.78, 5) is 0.0613. The van der Waals surface area contributed by atoms with Crippen molar-refractivity contribution in [1.29, 1.82) is 0 Å². The highest BCUT2D eigenvalue weighted by atomic mass is 79.9. The van der Waals surface area contributed by atoms with Crippen LogP contribution in [0.3, 0.4) is 0 Å². The minimum Gasteiger partial charge on any atom is -0.495 e. The molecular formula is C14H15BrN2O3S. The number of ether oxygens (including phenoxy) is 1. The molecule has 0 spiro atoms. The van der Waals surface area contributed by atoms with E-state index in [0.717, 1.165) is 5.56 Å². The highest BCUT2D eigenvalue weighted by Gasteiger charge is 2.20. The highest BCUT2D eigenvalue weighted by Crippen LogP contribution is 2.29. The van der Waals surface area contributed by atoms with Gasteiger partial charge in [-0.15, -0.1) is 0 Å². The van der Waals surface area contributed by atoms with E-state index in [4.69, 9.17) is 10.5 Å². The molecule has 2 aromatic rings. The lowest BCUT2D eigenvalue weighted by molar-refractivity contribution is 0.403. The minimum absolute atomic E-state index is 0.0613. The van der Waals surface area contributed by atoms with Crippen molar-refractivity contribution in [2.45, 2.75) is 11.4 Å². The molecule has 0 unspecified atom stereocenters. The van der Waals surface area contributed by atoms with Crippen LogP contribution in [0.25, 0.3) is 0 Å². The largest absolute Gasteiger partial charge is 0.495 e. The summed E-state index contributed by atoms with van der Waals surface area (Å²) in [5.74, 6) is 0.274. The molecule has 0 atom stereocenters. The van der Waals surface area contributed by atoms with Gasteiger partial charge in [0.15, 0.2) is 0 Å². The number of benzene rings is 2. The predicted octanol–water partition coefficient (Wildman–Crippen LogP) is 2.72. The Kier molecular flexibility index (Phi) is 4.87. The maximum absolute atomic E-state index is 12.5. The Morgan fingerprint density at radius 2 is 1.95 bits per heavy atom. The Hall–Kier alpha value is -1.57. The monoisotopic (exact) mass is 370 g/mol. The van der Waals surface area contributed by atoms with E-state index in [1.54, 1.807) is 36.4 Å². The average molecular weight is 371 g/mol. The predicted molar refractivity (Wildman–Crippen MR) is 85.8 cm³/mol. The van der Waals surface area contributed by atoms with Crippen LogP contribution in [0, 0.1) is 0 Å². The van der Waals surface area contributed by atoms with E-state index >= 15 is 0 Å². The zero-order valence-corrected chi connectivity index (χ0v) is 13.7. The number of nitrogens with one attached hydrogen (secondary N) is 1. The first-order chi connectivity index (χ1) is 9.97. The van der Waals surface area contributed by atoms with Crippen molar-refractivity contribution in [3.63, 3.8) is 0 Å². The molecule has 0 radical (unpaired) electrons. The fourth-order valence-corrected chi connectivity index (χ4v) is 3.67. The van der Waals surface area contributed by atoms with Gasteiger partial charge in [0.2, 0.25) is 0 Å². The molecule has 2 aromatic carbocycles. The molecule has 0 saturated carbocycles. The molecule has 0 fully saturated rings. The van der Waals surface area contributed by atoms with Crippen LogP contribution in [0.15, 0.2) is 51.8 Å². The average Bonchev–Trinajstić information content (AvgIpc) is 2.47. The summed E-state index contributed by atoms with van der Waals surface area (Å²) in [5, 5.41) is 0. The lowest BCUT2D eigenvalue weighted by atomic mass is 10.2. The van der Waals surface area contributed by atoms with Gasteiger partial charge in [-0.3, -0.25) is 4.72 Å². The van der Waals surface area contributed by atoms with Gasteiger partial charge in [0.1, 0.15) is 10.6 Å². The maximum Gasteiger partial charge on any atom is 0.265 e. The molecule has 0 heterocycles.